The van der Waals surface area contributed by atoms with E-state index in [1.54, 1.807) is 12.1 Å². The van der Waals surface area contributed by atoms with Crippen molar-refractivity contribution in [1.29, 1.82) is 0 Å². The molecular weight excluding hydrogens is 246 g/mol. The van der Waals surface area contributed by atoms with Crippen molar-refractivity contribution < 1.29 is 19.7 Å². The maximum absolute atomic E-state index is 9.81. The van der Waals surface area contributed by atoms with Gasteiger partial charge in [-0.05, 0) is 30.5 Å². The first-order chi connectivity index (χ1) is 9.03. The molecular formula is C14H23NO4. The van der Waals surface area contributed by atoms with E-state index in [9.17, 15) is 5.11 Å². The molecule has 0 bridgehead atoms. The van der Waals surface area contributed by atoms with Gasteiger partial charge in [-0.2, -0.15) is 0 Å². The van der Waals surface area contributed by atoms with Crippen LogP contribution < -0.4 is 14.8 Å². The molecule has 0 amide bonds. The minimum Gasteiger partial charge on any atom is -0.502 e. The molecule has 19 heavy (non-hydrogen) atoms. The van der Waals surface area contributed by atoms with Gasteiger partial charge in [0.2, 0.25) is 5.75 Å². The second kappa shape index (κ2) is 7.21. The van der Waals surface area contributed by atoms with Crippen molar-refractivity contribution in [2.24, 2.45) is 5.92 Å². The van der Waals surface area contributed by atoms with Crippen molar-refractivity contribution in [2.45, 2.75) is 26.4 Å². The largest absolute Gasteiger partial charge is 0.502 e. The lowest BCUT2D eigenvalue weighted by atomic mass is 10.0. The predicted octanol–water partition coefficient (Wildman–Crippen LogP) is 1.52. The number of ether oxygens (including phenoxy) is 2. The number of benzene rings is 1. The van der Waals surface area contributed by atoms with Gasteiger partial charge in [0, 0.05) is 19.2 Å². The average Bonchev–Trinajstić information content (AvgIpc) is 2.44. The van der Waals surface area contributed by atoms with Gasteiger partial charge in [-0.25, -0.2) is 0 Å². The highest BCUT2D eigenvalue weighted by atomic mass is 16.5. The Morgan fingerprint density at radius 2 is 1.68 bits per heavy atom. The topological polar surface area (TPSA) is 71.0 Å². The van der Waals surface area contributed by atoms with E-state index >= 15 is 0 Å². The Hall–Kier alpha value is -1.46. The summed E-state index contributed by atoms with van der Waals surface area (Å²) in [6.07, 6.45) is 0. The summed E-state index contributed by atoms with van der Waals surface area (Å²) >= 11 is 0. The lowest BCUT2D eigenvalue weighted by molar-refractivity contribution is 0.207. The fourth-order valence-corrected chi connectivity index (χ4v) is 1.69. The summed E-state index contributed by atoms with van der Waals surface area (Å²) in [6.45, 7) is 4.76. The number of hydrogen-bond donors (Lipinski definition) is 3. The lowest BCUT2D eigenvalue weighted by Gasteiger charge is -2.20. The number of aliphatic hydroxyl groups is 1. The van der Waals surface area contributed by atoms with Crippen molar-refractivity contribution in [3.05, 3.63) is 17.7 Å². The Labute approximate surface area is 114 Å². The molecule has 0 saturated carbocycles. The van der Waals surface area contributed by atoms with Crippen molar-refractivity contribution in [3.63, 3.8) is 0 Å². The lowest BCUT2D eigenvalue weighted by Crippen LogP contribution is -2.33. The summed E-state index contributed by atoms with van der Waals surface area (Å²) in [5.74, 6) is 0.962. The van der Waals surface area contributed by atoms with Gasteiger partial charge in [0.25, 0.3) is 0 Å². The van der Waals surface area contributed by atoms with Gasteiger partial charge in [0.05, 0.1) is 14.2 Å². The number of aliphatic hydroxyl groups excluding tert-OH is 1. The number of methoxy groups -OCH3 is 2. The quantitative estimate of drug-likeness (QED) is 0.700. The fourth-order valence-electron chi connectivity index (χ4n) is 1.69. The van der Waals surface area contributed by atoms with E-state index in [2.05, 4.69) is 5.32 Å². The molecule has 2 unspecified atom stereocenters. The highest BCUT2D eigenvalue weighted by Crippen LogP contribution is 2.37. The molecule has 1 aromatic carbocycles. The van der Waals surface area contributed by atoms with Gasteiger partial charge in [-0.15, -0.1) is 0 Å². The van der Waals surface area contributed by atoms with Gasteiger partial charge >= 0.3 is 0 Å². The summed E-state index contributed by atoms with van der Waals surface area (Å²) in [6, 6.07) is 3.72. The number of phenolic OH excluding ortho intramolecular Hbond substituents is 1. The molecule has 3 N–H and O–H groups in total. The summed E-state index contributed by atoms with van der Waals surface area (Å²) < 4.78 is 10.2. The van der Waals surface area contributed by atoms with Crippen LogP contribution in [0.4, 0.5) is 0 Å². The first-order valence-electron chi connectivity index (χ1n) is 6.31. The molecule has 5 heteroatoms. The summed E-state index contributed by atoms with van der Waals surface area (Å²) in [5, 5.41) is 22.2. The van der Waals surface area contributed by atoms with E-state index in [1.807, 2.05) is 13.8 Å². The molecule has 0 heterocycles. The normalized spacial score (nSPS) is 13.9. The summed E-state index contributed by atoms with van der Waals surface area (Å²) in [7, 11) is 3.00. The third-order valence-electron chi connectivity index (χ3n) is 3.31. The third-order valence-corrected chi connectivity index (χ3v) is 3.31. The number of rotatable bonds is 7. The van der Waals surface area contributed by atoms with Crippen LogP contribution in [0.15, 0.2) is 12.1 Å². The Morgan fingerprint density at radius 1 is 1.16 bits per heavy atom. The van der Waals surface area contributed by atoms with E-state index in [4.69, 9.17) is 14.6 Å². The standard InChI is InChI=1S/C14H23NO4/c1-9(8-16)10(2)15-7-11-5-12(18-3)14(17)13(6-11)19-4/h5-6,9-10,15-17H,7-8H2,1-4H3. The summed E-state index contributed by atoms with van der Waals surface area (Å²) in [5.41, 5.74) is 0.948. The van der Waals surface area contributed by atoms with E-state index in [1.165, 1.54) is 14.2 Å². The minimum atomic E-state index is 0.00512. The first kappa shape index (κ1) is 15.6. The molecule has 5 nitrogen and oxygen atoms in total. The predicted molar refractivity (Wildman–Crippen MR) is 73.8 cm³/mol. The van der Waals surface area contributed by atoms with Gasteiger partial charge < -0.3 is 25.0 Å². The number of aromatic hydroxyl groups is 1. The van der Waals surface area contributed by atoms with Crippen molar-refractivity contribution in [3.8, 4) is 17.2 Å². The van der Waals surface area contributed by atoms with Crippen molar-refractivity contribution >= 4 is 0 Å². The molecule has 108 valence electrons. The van der Waals surface area contributed by atoms with E-state index in [-0.39, 0.29) is 24.3 Å². The van der Waals surface area contributed by atoms with E-state index < -0.39 is 0 Å². The minimum absolute atomic E-state index is 0.00512. The summed E-state index contributed by atoms with van der Waals surface area (Å²) in [4.78, 5) is 0. The van der Waals surface area contributed by atoms with Crippen LogP contribution >= 0.6 is 0 Å². The maximum Gasteiger partial charge on any atom is 0.200 e. The molecule has 0 aliphatic rings. The van der Waals surface area contributed by atoms with Crippen LogP contribution in [0.5, 0.6) is 17.2 Å². The third kappa shape index (κ3) is 4.01. The maximum atomic E-state index is 9.81. The first-order valence-corrected chi connectivity index (χ1v) is 6.31. The highest BCUT2D eigenvalue weighted by molar-refractivity contribution is 5.52. The van der Waals surface area contributed by atoms with Gasteiger partial charge in [-0.3, -0.25) is 0 Å². The Bertz CT molecular complexity index is 383. The van der Waals surface area contributed by atoms with Crippen LogP contribution in [-0.2, 0) is 6.54 Å². The Morgan fingerprint density at radius 3 is 2.11 bits per heavy atom. The number of nitrogens with one attached hydrogen (secondary N) is 1. The van der Waals surface area contributed by atoms with Crippen LogP contribution in [-0.4, -0.2) is 37.1 Å². The van der Waals surface area contributed by atoms with Crippen LogP contribution in [0.25, 0.3) is 0 Å². The zero-order valence-corrected chi connectivity index (χ0v) is 11.9. The smallest absolute Gasteiger partial charge is 0.200 e. The number of phenols is 1. The monoisotopic (exact) mass is 269 g/mol. The number of hydrogen-bond acceptors (Lipinski definition) is 5. The molecule has 1 rings (SSSR count). The van der Waals surface area contributed by atoms with Gasteiger partial charge in [0.1, 0.15) is 0 Å². The van der Waals surface area contributed by atoms with Gasteiger partial charge in [-0.1, -0.05) is 6.92 Å². The fraction of sp³-hybridized carbons (Fsp3) is 0.571. The van der Waals surface area contributed by atoms with Crippen molar-refractivity contribution in [1.82, 2.24) is 5.32 Å². The molecule has 0 aliphatic heterocycles. The van der Waals surface area contributed by atoms with Crippen LogP contribution in [0, 0.1) is 5.92 Å². The van der Waals surface area contributed by atoms with Gasteiger partial charge in [0.15, 0.2) is 11.5 Å². The molecule has 2 atom stereocenters. The second-order valence-corrected chi connectivity index (χ2v) is 4.68. The molecule has 0 spiro atoms. The average molecular weight is 269 g/mol. The molecule has 0 aliphatic carbocycles. The Kier molecular flexibility index (Phi) is 5.92. The van der Waals surface area contributed by atoms with Crippen LogP contribution in [0.1, 0.15) is 19.4 Å². The molecule has 0 aromatic heterocycles. The van der Waals surface area contributed by atoms with Crippen LogP contribution in [0.3, 0.4) is 0 Å². The van der Waals surface area contributed by atoms with Crippen molar-refractivity contribution in [2.75, 3.05) is 20.8 Å². The molecule has 0 saturated heterocycles. The zero-order valence-electron chi connectivity index (χ0n) is 11.9. The molecule has 0 fully saturated rings. The highest BCUT2D eigenvalue weighted by Gasteiger charge is 2.13. The van der Waals surface area contributed by atoms with Crippen LogP contribution in [0.2, 0.25) is 0 Å². The second-order valence-electron chi connectivity index (χ2n) is 4.68. The SMILES string of the molecule is COc1cc(CNC(C)C(C)CO)cc(OC)c1O. The zero-order chi connectivity index (χ0) is 14.4. The van der Waals surface area contributed by atoms with E-state index in [0.29, 0.717) is 18.0 Å². The molecule has 0 radical (unpaired) electrons. The molecule has 1 aromatic rings. The Balaban J connectivity index is 2.78. The van der Waals surface area contributed by atoms with E-state index in [0.717, 1.165) is 5.56 Å².